The third-order valence-electron chi connectivity index (χ3n) is 3.57. The van der Waals surface area contributed by atoms with E-state index in [1.165, 1.54) is 4.90 Å². The summed E-state index contributed by atoms with van der Waals surface area (Å²) in [7, 11) is 0. The molecule has 0 radical (unpaired) electrons. The summed E-state index contributed by atoms with van der Waals surface area (Å²) < 4.78 is 14.1. The number of ether oxygens (including phenoxy) is 1. The van der Waals surface area contributed by atoms with E-state index in [-0.39, 0.29) is 12.5 Å². The number of rotatable bonds is 5. The number of hydrogen-bond donors (Lipinski definition) is 1. The molecule has 3 rings (SSSR count). The molecule has 1 N–H and O–H groups in total. The molecule has 136 valence electrons. The van der Waals surface area contributed by atoms with Gasteiger partial charge in [-0.3, -0.25) is 9.69 Å². The molecule has 0 bridgehead atoms. The number of thiocarbonyl (C=S) groups is 1. The van der Waals surface area contributed by atoms with Gasteiger partial charge < -0.3 is 14.5 Å². The van der Waals surface area contributed by atoms with Crippen LogP contribution in [0, 0.1) is 0 Å². The van der Waals surface area contributed by atoms with Gasteiger partial charge in [-0.05, 0) is 75.3 Å². The first-order valence-corrected chi connectivity index (χ1v) is 10.4. The van der Waals surface area contributed by atoms with Crippen molar-refractivity contribution in [2.45, 2.75) is 13.5 Å². The zero-order chi connectivity index (χ0) is 18.8. The quantitative estimate of drug-likeness (QED) is 0.398. The number of nitrogens with one attached hydrogen (secondary N) is 1. The van der Waals surface area contributed by atoms with E-state index in [9.17, 15) is 4.79 Å². The summed E-state index contributed by atoms with van der Waals surface area (Å²) in [4.78, 5) is 13.7. The predicted molar refractivity (Wildman–Crippen MR) is 114 cm³/mol. The van der Waals surface area contributed by atoms with Crippen molar-refractivity contribution in [3.63, 3.8) is 0 Å². The maximum atomic E-state index is 12.2. The molecule has 2 aromatic rings. The highest BCUT2D eigenvalue weighted by atomic mass is 79.9. The van der Waals surface area contributed by atoms with Crippen molar-refractivity contribution in [3.8, 4) is 5.75 Å². The molecule has 1 fully saturated rings. The number of benzene rings is 1. The van der Waals surface area contributed by atoms with Crippen LogP contribution < -0.4 is 10.1 Å². The Bertz CT molecular complexity index is 887. The summed E-state index contributed by atoms with van der Waals surface area (Å²) in [5, 5.41) is 3.31. The van der Waals surface area contributed by atoms with E-state index in [0.29, 0.717) is 34.6 Å². The molecule has 0 saturated carbocycles. The Hall–Kier alpha value is -1.16. The predicted octanol–water partition coefficient (Wildman–Crippen LogP) is 5.22. The van der Waals surface area contributed by atoms with Crippen molar-refractivity contribution in [2.24, 2.45) is 0 Å². The number of carbonyl (C=O) groups excluding carboxylic acids is 1. The van der Waals surface area contributed by atoms with Crippen LogP contribution in [0.4, 0.5) is 0 Å². The van der Waals surface area contributed by atoms with Crippen LogP contribution in [0.3, 0.4) is 0 Å². The number of nitrogens with zero attached hydrogens (tertiary/aromatic N) is 1. The monoisotopic (exact) mass is 562 g/mol. The molecular weight excluding hydrogens is 552 g/mol. The minimum absolute atomic E-state index is 0.158. The van der Waals surface area contributed by atoms with Gasteiger partial charge in [-0.1, -0.05) is 15.9 Å². The lowest BCUT2D eigenvalue weighted by Gasteiger charge is -2.09. The molecule has 2 heterocycles. The van der Waals surface area contributed by atoms with Gasteiger partial charge in [0.25, 0.3) is 5.91 Å². The fourth-order valence-corrected chi connectivity index (χ4v) is 5.17. The molecule has 1 saturated heterocycles. The molecular formula is C17H13Br3N2O3S. The fraction of sp³-hybridized carbons (Fsp3) is 0.176. The highest BCUT2D eigenvalue weighted by molar-refractivity contribution is 9.11. The Morgan fingerprint density at radius 3 is 2.58 bits per heavy atom. The molecule has 1 amide bonds. The van der Waals surface area contributed by atoms with Gasteiger partial charge in [-0.2, -0.15) is 0 Å². The van der Waals surface area contributed by atoms with E-state index in [1.807, 2.05) is 25.1 Å². The van der Waals surface area contributed by atoms with Crippen LogP contribution in [0.2, 0.25) is 0 Å². The van der Waals surface area contributed by atoms with Gasteiger partial charge in [-0.25, -0.2) is 0 Å². The Kier molecular flexibility index (Phi) is 6.21. The van der Waals surface area contributed by atoms with Gasteiger partial charge >= 0.3 is 0 Å². The number of hydrogen-bond acceptors (Lipinski definition) is 4. The molecule has 0 unspecified atom stereocenters. The summed E-state index contributed by atoms with van der Waals surface area (Å²) >= 11 is 15.5. The van der Waals surface area contributed by atoms with Gasteiger partial charge in [0.05, 0.1) is 8.95 Å². The van der Waals surface area contributed by atoms with Crippen LogP contribution in [-0.4, -0.2) is 22.5 Å². The van der Waals surface area contributed by atoms with Crippen LogP contribution >= 0.6 is 60.0 Å². The van der Waals surface area contributed by atoms with Gasteiger partial charge in [0.1, 0.15) is 29.6 Å². The molecule has 9 heteroatoms. The van der Waals surface area contributed by atoms with Crippen molar-refractivity contribution >= 4 is 77.1 Å². The molecule has 1 aromatic carbocycles. The lowest BCUT2D eigenvalue weighted by Crippen LogP contribution is -2.30. The first-order valence-electron chi connectivity index (χ1n) is 7.59. The van der Waals surface area contributed by atoms with E-state index in [2.05, 4.69) is 53.1 Å². The summed E-state index contributed by atoms with van der Waals surface area (Å²) in [6.45, 7) is 2.65. The third-order valence-corrected chi connectivity index (χ3v) is 5.53. The number of likely N-dealkylation sites (N-methyl/N-ethyl adjacent to an activating group) is 1. The number of halogens is 3. The van der Waals surface area contributed by atoms with Gasteiger partial charge in [0, 0.05) is 17.1 Å². The van der Waals surface area contributed by atoms with Gasteiger partial charge in [0.15, 0.2) is 5.11 Å². The lowest BCUT2D eigenvalue weighted by molar-refractivity contribution is -0.122. The van der Waals surface area contributed by atoms with E-state index in [1.54, 1.807) is 12.1 Å². The average molecular weight is 565 g/mol. The minimum atomic E-state index is -0.158. The van der Waals surface area contributed by atoms with Gasteiger partial charge in [-0.15, -0.1) is 0 Å². The summed E-state index contributed by atoms with van der Waals surface area (Å²) in [5.74, 6) is 1.71. The van der Waals surface area contributed by atoms with E-state index >= 15 is 0 Å². The maximum absolute atomic E-state index is 12.2. The highest BCUT2D eigenvalue weighted by Gasteiger charge is 2.29. The van der Waals surface area contributed by atoms with E-state index in [0.717, 1.165) is 13.4 Å². The van der Waals surface area contributed by atoms with Crippen molar-refractivity contribution in [2.75, 3.05) is 6.54 Å². The molecule has 1 aliphatic heterocycles. The van der Waals surface area contributed by atoms with Crippen LogP contribution in [0.1, 0.15) is 18.4 Å². The maximum Gasteiger partial charge on any atom is 0.276 e. The van der Waals surface area contributed by atoms with E-state index < -0.39 is 0 Å². The summed E-state index contributed by atoms with van der Waals surface area (Å²) in [6.07, 6.45) is 1.64. The van der Waals surface area contributed by atoms with Crippen molar-refractivity contribution < 1.29 is 13.9 Å². The Labute approximate surface area is 181 Å². The molecule has 26 heavy (non-hydrogen) atoms. The minimum Gasteiger partial charge on any atom is -0.483 e. The summed E-state index contributed by atoms with van der Waals surface area (Å²) in [6, 6.07) is 7.39. The molecule has 1 aliphatic rings. The van der Waals surface area contributed by atoms with Crippen LogP contribution in [0.15, 0.2) is 47.8 Å². The van der Waals surface area contributed by atoms with E-state index in [4.69, 9.17) is 21.4 Å². The van der Waals surface area contributed by atoms with Crippen LogP contribution in [0.5, 0.6) is 5.75 Å². The standard InChI is InChI=1S/C17H13Br3N2O3S/c1-2-22-16(23)14(21-17(22)26)7-10-3-4-11(25-10)8-24-15-12(19)5-9(18)6-13(15)20/h3-7H,2,8H2,1H3,(H,21,26)/b14-7+. The summed E-state index contributed by atoms with van der Waals surface area (Å²) in [5.41, 5.74) is 0.400. The Morgan fingerprint density at radius 1 is 1.27 bits per heavy atom. The third kappa shape index (κ3) is 4.21. The lowest BCUT2D eigenvalue weighted by atomic mass is 10.3. The fourth-order valence-electron chi connectivity index (χ4n) is 2.36. The smallest absolute Gasteiger partial charge is 0.276 e. The second-order valence-electron chi connectivity index (χ2n) is 5.33. The Morgan fingerprint density at radius 2 is 1.96 bits per heavy atom. The SMILES string of the molecule is CCN1C(=O)/C(=C\c2ccc(COc3c(Br)cc(Br)cc3Br)o2)NC1=S. The number of carbonyl (C=O) groups is 1. The normalized spacial score (nSPS) is 15.7. The van der Waals surface area contributed by atoms with Crippen molar-refractivity contribution in [1.29, 1.82) is 0 Å². The molecule has 0 aliphatic carbocycles. The first kappa shape index (κ1) is 19.6. The molecule has 0 spiro atoms. The highest BCUT2D eigenvalue weighted by Crippen LogP contribution is 2.37. The van der Waals surface area contributed by atoms with Crippen molar-refractivity contribution in [1.82, 2.24) is 10.2 Å². The second kappa shape index (κ2) is 8.24. The number of furan rings is 1. The zero-order valence-corrected chi connectivity index (χ0v) is 19.1. The molecule has 5 nitrogen and oxygen atoms in total. The van der Waals surface area contributed by atoms with Crippen LogP contribution in [0.25, 0.3) is 6.08 Å². The largest absolute Gasteiger partial charge is 0.483 e. The molecule has 0 atom stereocenters. The average Bonchev–Trinajstić information content (AvgIpc) is 3.11. The molecule has 1 aromatic heterocycles. The Balaban J connectivity index is 1.71. The van der Waals surface area contributed by atoms with Crippen LogP contribution in [-0.2, 0) is 11.4 Å². The van der Waals surface area contributed by atoms with Crippen molar-refractivity contribution in [3.05, 3.63) is 54.9 Å². The second-order valence-corrected chi connectivity index (χ2v) is 8.34. The zero-order valence-electron chi connectivity index (χ0n) is 13.5. The number of amides is 1. The topological polar surface area (TPSA) is 54.7 Å². The van der Waals surface area contributed by atoms with Gasteiger partial charge in [0.2, 0.25) is 0 Å². The first-order chi connectivity index (χ1) is 12.4.